The summed E-state index contributed by atoms with van der Waals surface area (Å²) in [4.78, 5) is 0. The fourth-order valence-electron chi connectivity index (χ4n) is 2.29. The number of nitrogens with zero attached hydrogens (tertiary/aromatic N) is 1. The molecule has 23 heavy (non-hydrogen) atoms. The second kappa shape index (κ2) is 13.4. The Kier molecular flexibility index (Phi) is 12.8. The van der Waals surface area contributed by atoms with Gasteiger partial charge in [0, 0.05) is 18.6 Å². The third kappa shape index (κ3) is 18.9. The first-order valence-electron chi connectivity index (χ1n) is 8.66. The van der Waals surface area contributed by atoms with E-state index in [1.165, 1.54) is 69.9 Å². The smallest absolute Gasteiger partial charge is 0.418 e. The molecule has 1 aromatic rings. The van der Waals surface area contributed by atoms with Crippen LogP contribution >= 0.6 is 0 Å². The van der Waals surface area contributed by atoms with E-state index < -0.39 is 7.25 Å². The number of aryl methyl sites for hydroxylation is 2. The molecular weight excluding hydrogens is 305 g/mol. The Hall–Kier alpha value is -1.07. The van der Waals surface area contributed by atoms with Crippen LogP contribution in [-0.2, 0) is 6.54 Å². The molecule has 134 valence electrons. The van der Waals surface area contributed by atoms with E-state index in [9.17, 15) is 17.3 Å². The Bertz CT molecular complexity index is 373. The van der Waals surface area contributed by atoms with E-state index in [0.717, 1.165) is 0 Å². The molecule has 1 heterocycles. The van der Waals surface area contributed by atoms with Crippen LogP contribution in [0, 0.1) is 6.92 Å². The maximum absolute atomic E-state index is 9.75. The van der Waals surface area contributed by atoms with Gasteiger partial charge in [-0.3, -0.25) is 0 Å². The van der Waals surface area contributed by atoms with Gasteiger partial charge in [-0.1, -0.05) is 51.9 Å². The Morgan fingerprint density at radius 3 is 1.61 bits per heavy atom. The summed E-state index contributed by atoms with van der Waals surface area (Å²) < 4.78 is 41.3. The first kappa shape index (κ1) is 21.9. The van der Waals surface area contributed by atoms with Crippen LogP contribution in [0.5, 0.6) is 0 Å². The summed E-state index contributed by atoms with van der Waals surface area (Å²) >= 11 is 0. The number of unbranched alkanes of at least 4 members (excludes halogenated alkanes) is 8. The Balaban J connectivity index is 0.000000841. The molecule has 0 atom stereocenters. The highest BCUT2D eigenvalue weighted by Crippen LogP contribution is 2.09. The Labute approximate surface area is 138 Å². The van der Waals surface area contributed by atoms with Crippen molar-refractivity contribution in [1.29, 1.82) is 0 Å². The van der Waals surface area contributed by atoms with Gasteiger partial charge in [0.25, 0.3) is 0 Å². The van der Waals surface area contributed by atoms with E-state index in [2.05, 4.69) is 42.9 Å². The standard InChI is InChI=1S/C17H30N.BF4/c1-3-4-5-6-7-8-9-10-11-14-18-15-12-17(2)13-16-18;2-1(3,4)5/h12-13,15-16H,3-11,14H2,1-2H3;/q+1;-1. The second-order valence-corrected chi connectivity index (χ2v) is 5.94. The van der Waals surface area contributed by atoms with E-state index in [1.807, 2.05) is 0 Å². The van der Waals surface area contributed by atoms with Gasteiger partial charge in [-0.15, -0.1) is 0 Å². The van der Waals surface area contributed by atoms with Crippen LogP contribution in [0.1, 0.15) is 70.3 Å². The van der Waals surface area contributed by atoms with Gasteiger partial charge in [-0.25, -0.2) is 4.57 Å². The molecule has 0 aromatic carbocycles. The lowest BCUT2D eigenvalue weighted by Gasteiger charge is -2.01. The minimum Gasteiger partial charge on any atom is -0.418 e. The summed E-state index contributed by atoms with van der Waals surface area (Å²) in [5, 5.41) is 0. The summed E-state index contributed by atoms with van der Waals surface area (Å²) in [5.74, 6) is 0. The van der Waals surface area contributed by atoms with Crippen molar-refractivity contribution >= 4 is 7.25 Å². The molecule has 0 radical (unpaired) electrons. The zero-order valence-electron chi connectivity index (χ0n) is 14.4. The van der Waals surface area contributed by atoms with Gasteiger partial charge in [0.1, 0.15) is 6.54 Å². The number of hydrogen-bond acceptors (Lipinski definition) is 0. The van der Waals surface area contributed by atoms with Crippen molar-refractivity contribution in [3.8, 4) is 0 Å². The molecule has 6 heteroatoms. The predicted octanol–water partition coefficient (Wildman–Crippen LogP) is 6.11. The van der Waals surface area contributed by atoms with Crippen molar-refractivity contribution in [3.05, 3.63) is 30.1 Å². The van der Waals surface area contributed by atoms with E-state index in [-0.39, 0.29) is 0 Å². The average molecular weight is 335 g/mol. The number of halogens is 4. The van der Waals surface area contributed by atoms with Crippen LogP contribution in [0.15, 0.2) is 24.5 Å². The zero-order chi connectivity index (χ0) is 17.6. The third-order valence-corrected chi connectivity index (χ3v) is 3.58. The SMILES string of the molecule is CCCCCCCCCCC[n+]1ccc(C)cc1.F[B-](F)(F)F. The maximum atomic E-state index is 9.75. The molecule has 0 fully saturated rings. The van der Waals surface area contributed by atoms with Gasteiger partial charge >= 0.3 is 7.25 Å². The van der Waals surface area contributed by atoms with E-state index in [0.29, 0.717) is 0 Å². The van der Waals surface area contributed by atoms with Gasteiger partial charge in [0.15, 0.2) is 12.4 Å². The fraction of sp³-hybridized carbons (Fsp3) is 0.706. The number of pyridine rings is 1. The summed E-state index contributed by atoms with van der Waals surface area (Å²) in [6.45, 7) is 5.60. The zero-order valence-corrected chi connectivity index (χ0v) is 14.4. The van der Waals surface area contributed by atoms with Gasteiger partial charge in [0.2, 0.25) is 0 Å². The molecule has 0 saturated heterocycles. The Morgan fingerprint density at radius 1 is 0.783 bits per heavy atom. The van der Waals surface area contributed by atoms with Crippen molar-refractivity contribution in [1.82, 2.24) is 0 Å². The molecule has 0 saturated carbocycles. The van der Waals surface area contributed by atoms with E-state index >= 15 is 0 Å². The van der Waals surface area contributed by atoms with Crippen molar-refractivity contribution < 1.29 is 21.8 Å². The molecule has 0 spiro atoms. The highest BCUT2D eigenvalue weighted by molar-refractivity contribution is 6.50. The lowest BCUT2D eigenvalue weighted by Crippen LogP contribution is -2.32. The molecule has 0 bridgehead atoms. The molecule has 0 aliphatic carbocycles. The molecular formula is C17H30BF4N. The molecule has 1 aromatic heterocycles. The highest BCUT2D eigenvalue weighted by Gasteiger charge is 2.20. The van der Waals surface area contributed by atoms with Gasteiger partial charge < -0.3 is 17.3 Å². The lowest BCUT2D eigenvalue weighted by atomic mass is 10.1. The van der Waals surface area contributed by atoms with Crippen molar-refractivity contribution in [2.45, 2.75) is 78.2 Å². The first-order chi connectivity index (χ1) is 10.8. The minimum absolute atomic E-state index is 1.18. The quantitative estimate of drug-likeness (QED) is 0.210. The van der Waals surface area contributed by atoms with Gasteiger partial charge in [0.05, 0.1) is 0 Å². The molecule has 0 aliphatic heterocycles. The van der Waals surface area contributed by atoms with Crippen LogP contribution in [0.2, 0.25) is 0 Å². The molecule has 1 rings (SSSR count). The number of hydrogen-bond donors (Lipinski definition) is 0. The molecule has 0 amide bonds. The summed E-state index contributed by atoms with van der Waals surface area (Å²) in [6.07, 6.45) is 17.0. The van der Waals surface area contributed by atoms with Crippen molar-refractivity contribution in [3.63, 3.8) is 0 Å². The van der Waals surface area contributed by atoms with Crippen LogP contribution in [0.25, 0.3) is 0 Å². The fourth-order valence-corrected chi connectivity index (χ4v) is 2.29. The van der Waals surface area contributed by atoms with Crippen LogP contribution in [0.4, 0.5) is 17.3 Å². The maximum Gasteiger partial charge on any atom is 0.673 e. The van der Waals surface area contributed by atoms with Gasteiger partial charge in [-0.2, -0.15) is 0 Å². The van der Waals surface area contributed by atoms with Crippen molar-refractivity contribution in [2.24, 2.45) is 0 Å². The molecule has 0 aliphatic rings. The third-order valence-electron chi connectivity index (χ3n) is 3.58. The summed E-state index contributed by atoms with van der Waals surface area (Å²) in [7, 11) is -6.00. The second-order valence-electron chi connectivity index (χ2n) is 5.94. The summed E-state index contributed by atoms with van der Waals surface area (Å²) in [6, 6.07) is 4.38. The summed E-state index contributed by atoms with van der Waals surface area (Å²) in [5.41, 5.74) is 1.35. The van der Waals surface area contributed by atoms with Crippen LogP contribution in [-0.4, -0.2) is 7.25 Å². The predicted molar refractivity (Wildman–Crippen MR) is 88.8 cm³/mol. The molecule has 1 nitrogen and oxygen atoms in total. The van der Waals surface area contributed by atoms with Crippen LogP contribution < -0.4 is 4.57 Å². The normalized spacial score (nSPS) is 11.0. The average Bonchev–Trinajstić information content (AvgIpc) is 2.46. The topological polar surface area (TPSA) is 3.88 Å². The first-order valence-corrected chi connectivity index (χ1v) is 8.66. The van der Waals surface area contributed by atoms with E-state index in [4.69, 9.17) is 0 Å². The minimum atomic E-state index is -6.00. The van der Waals surface area contributed by atoms with E-state index in [1.54, 1.807) is 0 Å². The number of rotatable bonds is 10. The highest BCUT2D eigenvalue weighted by atomic mass is 19.5. The van der Waals surface area contributed by atoms with Gasteiger partial charge in [-0.05, 0) is 18.9 Å². The van der Waals surface area contributed by atoms with Crippen LogP contribution in [0.3, 0.4) is 0 Å². The number of aromatic nitrogens is 1. The molecule has 0 N–H and O–H groups in total. The lowest BCUT2D eigenvalue weighted by molar-refractivity contribution is -0.697. The Morgan fingerprint density at radius 2 is 1.17 bits per heavy atom. The monoisotopic (exact) mass is 335 g/mol. The largest absolute Gasteiger partial charge is 0.673 e. The molecule has 0 unspecified atom stereocenters. The van der Waals surface area contributed by atoms with Crippen molar-refractivity contribution in [2.75, 3.05) is 0 Å².